The van der Waals surface area contributed by atoms with Gasteiger partial charge in [-0.05, 0) is 12.1 Å². The molecule has 0 unspecified atom stereocenters. The second-order valence-electron chi connectivity index (χ2n) is 3.16. The molecule has 0 amide bonds. The van der Waals surface area contributed by atoms with Crippen molar-refractivity contribution in [3.63, 3.8) is 0 Å². The van der Waals surface area contributed by atoms with Crippen molar-refractivity contribution in [1.82, 2.24) is 0 Å². The van der Waals surface area contributed by atoms with E-state index in [9.17, 15) is 0 Å². The van der Waals surface area contributed by atoms with Crippen molar-refractivity contribution in [2.45, 2.75) is 0 Å². The van der Waals surface area contributed by atoms with Crippen molar-refractivity contribution < 1.29 is 29.9 Å². The first kappa shape index (κ1) is 16.7. The van der Waals surface area contributed by atoms with Crippen LogP contribution in [0.15, 0.2) is 24.3 Å². The predicted octanol–water partition coefficient (Wildman–Crippen LogP) is 0.102. The molecule has 0 radical (unpaired) electrons. The van der Waals surface area contributed by atoms with E-state index in [4.69, 9.17) is 29.9 Å². The molecule has 0 saturated carbocycles. The van der Waals surface area contributed by atoms with Gasteiger partial charge in [0, 0.05) is 0 Å². The lowest BCUT2D eigenvalue weighted by molar-refractivity contribution is 0.0222. The maximum absolute atomic E-state index is 8.67. The van der Waals surface area contributed by atoms with Crippen LogP contribution in [0.1, 0.15) is 0 Å². The summed E-state index contributed by atoms with van der Waals surface area (Å²) in [6.07, 6.45) is 0. The fraction of sp³-hybridized carbons (Fsp3) is 0.500. The summed E-state index contributed by atoms with van der Waals surface area (Å²) in [5, 5.41) is 33.9. The van der Waals surface area contributed by atoms with Crippen molar-refractivity contribution in [3.05, 3.63) is 24.3 Å². The molecule has 0 heterocycles. The van der Waals surface area contributed by atoms with Gasteiger partial charge in [-0.3, -0.25) is 0 Å². The van der Waals surface area contributed by atoms with Gasteiger partial charge in [-0.25, -0.2) is 0 Å². The summed E-state index contributed by atoms with van der Waals surface area (Å²) in [6.45, 7) is 1.73. The fourth-order valence-corrected chi connectivity index (χ4v) is 0.915. The summed E-state index contributed by atoms with van der Waals surface area (Å²) in [4.78, 5) is 0. The Hall–Kier alpha value is -1.34. The van der Waals surface area contributed by atoms with Crippen LogP contribution in [-0.4, -0.2) is 60.1 Å². The standard InChI is InChI=1S/C6H14O4.C6H6O2/c7-1-3-9-5-6-10-4-2-8;7-5-3-1-2-4-6(5)8/h7-8H,1-6H2;1-4,7-8H. The molecule has 0 bridgehead atoms. The molecular formula is C12H20O6. The summed E-state index contributed by atoms with van der Waals surface area (Å²) >= 11 is 0. The number of hydrogen-bond donors (Lipinski definition) is 4. The molecule has 6 nitrogen and oxygen atoms in total. The van der Waals surface area contributed by atoms with Gasteiger partial charge in [-0.1, -0.05) is 12.1 Å². The largest absolute Gasteiger partial charge is 0.504 e. The lowest BCUT2D eigenvalue weighted by atomic mass is 10.3. The van der Waals surface area contributed by atoms with Crippen LogP contribution >= 0.6 is 0 Å². The number of para-hydroxylation sites is 2. The molecule has 0 aliphatic carbocycles. The van der Waals surface area contributed by atoms with E-state index in [0.717, 1.165) is 0 Å². The minimum Gasteiger partial charge on any atom is -0.504 e. The topological polar surface area (TPSA) is 99.4 Å². The van der Waals surface area contributed by atoms with Crippen molar-refractivity contribution in [3.8, 4) is 11.5 Å². The van der Waals surface area contributed by atoms with Crippen LogP contribution < -0.4 is 0 Å². The van der Waals surface area contributed by atoms with Crippen LogP contribution in [0.3, 0.4) is 0 Å². The SMILES string of the molecule is OCCOCCOCCO.Oc1ccccc1O. The quantitative estimate of drug-likeness (QED) is 0.410. The molecule has 1 aromatic rings. The zero-order valence-corrected chi connectivity index (χ0v) is 10.2. The highest BCUT2D eigenvalue weighted by molar-refractivity contribution is 5.36. The molecule has 0 aliphatic heterocycles. The molecule has 18 heavy (non-hydrogen) atoms. The van der Waals surface area contributed by atoms with Crippen molar-refractivity contribution in [2.75, 3.05) is 39.6 Å². The van der Waals surface area contributed by atoms with Crippen LogP contribution in [0, 0.1) is 0 Å². The van der Waals surface area contributed by atoms with Gasteiger partial charge in [-0.15, -0.1) is 0 Å². The van der Waals surface area contributed by atoms with E-state index < -0.39 is 0 Å². The normalized spacial score (nSPS) is 9.67. The van der Waals surface area contributed by atoms with Gasteiger partial charge in [0.2, 0.25) is 0 Å². The smallest absolute Gasteiger partial charge is 0.157 e. The number of aromatic hydroxyl groups is 2. The molecule has 0 fully saturated rings. The minimum absolute atomic E-state index is 0.0417. The van der Waals surface area contributed by atoms with Gasteiger partial charge in [0.15, 0.2) is 11.5 Å². The molecule has 1 rings (SSSR count). The van der Waals surface area contributed by atoms with E-state index in [0.29, 0.717) is 26.4 Å². The van der Waals surface area contributed by atoms with Gasteiger partial charge in [0.05, 0.1) is 39.6 Å². The first-order chi connectivity index (χ1) is 8.72. The summed E-state index contributed by atoms with van der Waals surface area (Å²) in [7, 11) is 0. The Balaban J connectivity index is 0.000000327. The zero-order valence-electron chi connectivity index (χ0n) is 10.2. The lowest BCUT2D eigenvalue weighted by Crippen LogP contribution is -2.09. The number of aliphatic hydroxyl groups is 2. The van der Waals surface area contributed by atoms with E-state index in [1.807, 2.05) is 0 Å². The molecule has 1 aromatic carbocycles. The first-order valence-electron chi connectivity index (χ1n) is 5.56. The summed E-state index contributed by atoms with van der Waals surface area (Å²) in [6, 6.07) is 6.15. The Morgan fingerprint density at radius 2 is 1.11 bits per heavy atom. The number of ether oxygens (including phenoxy) is 2. The van der Waals surface area contributed by atoms with Crippen LogP contribution in [0.2, 0.25) is 0 Å². The first-order valence-corrected chi connectivity index (χ1v) is 5.56. The van der Waals surface area contributed by atoms with Gasteiger partial charge < -0.3 is 29.9 Å². The molecule has 104 valence electrons. The second kappa shape index (κ2) is 12.1. The van der Waals surface area contributed by atoms with E-state index in [1.165, 1.54) is 12.1 Å². The van der Waals surface area contributed by atoms with Gasteiger partial charge in [-0.2, -0.15) is 0 Å². The molecule has 0 aromatic heterocycles. The fourth-order valence-electron chi connectivity index (χ4n) is 0.915. The average Bonchev–Trinajstić information content (AvgIpc) is 2.38. The van der Waals surface area contributed by atoms with Gasteiger partial charge in [0.25, 0.3) is 0 Å². The van der Waals surface area contributed by atoms with E-state index in [1.54, 1.807) is 12.1 Å². The van der Waals surface area contributed by atoms with Crippen LogP contribution in [0.25, 0.3) is 0 Å². The summed E-state index contributed by atoms with van der Waals surface area (Å²) in [5.41, 5.74) is 0. The van der Waals surface area contributed by atoms with Crippen LogP contribution in [0.5, 0.6) is 11.5 Å². The number of hydrogen-bond acceptors (Lipinski definition) is 6. The van der Waals surface area contributed by atoms with Crippen LogP contribution in [0.4, 0.5) is 0 Å². The molecule has 0 atom stereocenters. The second-order valence-corrected chi connectivity index (χ2v) is 3.16. The highest BCUT2D eigenvalue weighted by Gasteiger charge is 1.90. The third-order valence-corrected chi connectivity index (χ3v) is 1.72. The maximum atomic E-state index is 8.67. The Bertz CT molecular complexity index is 263. The summed E-state index contributed by atoms with van der Waals surface area (Å²) < 4.78 is 9.75. The van der Waals surface area contributed by atoms with E-state index in [-0.39, 0.29) is 24.7 Å². The van der Waals surface area contributed by atoms with Crippen molar-refractivity contribution in [2.24, 2.45) is 0 Å². The Morgan fingerprint density at radius 3 is 1.39 bits per heavy atom. The monoisotopic (exact) mass is 260 g/mol. The average molecular weight is 260 g/mol. The van der Waals surface area contributed by atoms with Crippen molar-refractivity contribution >= 4 is 0 Å². The zero-order chi connectivity index (χ0) is 13.6. The highest BCUT2D eigenvalue weighted by atomic mass is 16.5. The van der Waals surface area contributed by atoms with Crippen LogP contribution in [-0.2, 0) is 9.47 Å². The Morgan fingerprint density at radius 1 is 0.722 bits per heavy atom. The van der Waals surface area contributed by atoms with Gasteiger partial charge >= 0.3 is 0 Å². The summed E-state index contributed by atoms with van der Waals surface area (Å²) in [5.74, 6) is -0.153. The van der Waals surface area contributed by atoms with E-state index in [2.05, 4.69) is 0 Å². The number of benzene rings is 1. The molecule has 4 N–H and O–H groups in total. The molecule has 0 spiro atoms. The van der Waals surface area contributed by atoms with Gasteiger partial charge in [0.1, 0.15) is 0 Å². The molecule has 6 heteroatoms. The molecule has 0 saturated heterocycles. The van der Waals surface area contributed by atoms with E-state index >= 15 is 0 Å². The van der Waals surface area contributed by atoms with Crippen molar-refractivity contribution in [1.29, 1.82) is 0 Å². The third-order valence-electron chi connectivity index (χ3n) is 1.72. The number of aliphatic hydroxyl groups excluding tert-OH is 2. The minimum atomic E-state index is -0.0764. The molecular weight excluding hydrogens is 240 g/mol. The Kier molecular flexibility index (Phi) is 11.2. The maximum Gasteiger partial charge on any atom is 0.157 e. The third kappa shape index (κ3) is 9.86. The number of phenols is 2. The highest BCUT2D eigenvalue weighted by Crippen LogP contribution is 2.21. The Labute approximate surface area is 106 Å². The molecule has 0 aliphatic rings. The number of phenolic OH excluding ortho intramolecular Hbond substituents is 2. The number of rotatable bonds is 7. The lowest BCUT2D eigenvalue weighted by Gasteiger charge is -2.01. The predicted molar refractivity (Wildman–Crippen MR) is 65.6 cm³/mol.